The minimum Gasteiger partial charge on any atom is -0.0842 e. The molecule has 0 aliphatic heterocycles. The van der Waals surface area contributed by atoms with Gasteiger partial charge in [0.1, 0.15) is 0 Å². The van der Waals surface area contributed by atoms with Crippen molar-refractivity contribution in [3.63, 3.8) is 0 Å². The van der Waals surface area contributed by atoms with Crippen LogP contribution in [-0.4, -0.2) is 0 Å². The summed E-state index contributed by atoms with van der Waals surface area (Å²) in [4.78, 5) is 0. The van der Waals surface area contributed by atoms with Gasteiger partial charge in [0.15, 0.2) is 0 Å². The van der Waals surface area contributed by atoms with E-state index in [-0.39, 0.29) is 7.43 Å². The average Bonchev–Trinajstić information content (AvgIpc) is 2.04. The molecule has 0 aliphatic carbocycles. The first-order valence-corrected chi connectivity index (χ1v) is 4.06. The van der Waals surface area contributed by atoms with E-state index < -0.39 is 0 Å². The second-order valence-corrected chi connectivity index (χ2v) is 2.72. The Morgan fingerprint density at radius 2 is 1.75 bits per heavy atom. The maximum absolute atomic E-state index is 2.17. The Balaban J connectivity index is 0.00000121. The molecule has 1 aromatic rings. The molecule has 0 aliphatic rings. The van der Waals surface area contributed by atoms with Crippen molar-refractivity contribution in [1.82, 2.24) is 0 Å². The third kappa shape index (κ3) is 3.38. The summed E-state index contributed by atoms with van der Waals surface area (Å²) >= 11 is 0. The molecular weight excluding hydrogens is 144 g/mol. The van der Waals surface area contributed by atoms with Gasteiger partial charge in [-0.1, -0.05) is 56.3 Å². The van der Waals surface area contributed by atoms with E-state index in [9.17, 15) is 0 Å². The SMILES string of the molecule is C.CC/C=C/c1ccc(C)cc1. The molecule has 0 radical (unpaired) electrons. The highest BCUT2D eigenvalue weighted by molar-refractivity contribution is 5.49. The van der Waals surface area contributed by atoms with Crippen molar-refractivity contribution in [1.29, 1.82) is 0 Å². The summed E-state index contributed by atoms with van der Waals surface area (Å²) < 4.78 is 0. The van der Waals surface area contributed by atoms with Gasteiger partial charge in [-0.3, -0.25) is 0 Å². The molecule has 0 saturated heterocycles. The first-order chi connectivity index (χ1) is 5.33. The number of aryl methyl sites for hydroxylation is 1. The van der Waals surface area contributed by atoms with Gasteiger partial charge < -0.3 is 0 Å². The first-order valence-electron chi connectivity index (χ1n) is 4.06. The van der Waals surface area contributed by atoms with Gasteiger partial charge in [-0.25, -0.2) is 0 Å². The van der Waals surface area contributed by atoms with Gasteiger partial charge in [-0.05, 0) is 18.9 Å². The van der Waals surface area contributed by atoms with E-state index in [4.69, 9.17) is 0 Å². The lowest BCUT2D eigenvalue weighted by Crippen LogP contribution is -1.72. The summed E-state index contributed by atoms with van der Waals surface area (Å²) in [6, 6.07) is 8.55. The molecule has 0 aromatic heterocycles. The molecule has 0 N–H and O–H groups in total. The molecular formula is C12H18. The van der Waals surface area contributed by atoms with E-state index in [1.807, 2.05) is 0 Å². The Labute approximate surface area is 75.9 Å². The third-order valence-corrected chi connectivity index (χ3v) is 1.62. The lowest BCUT2D eigenvalue weighted by atomic mass is 10.1. The predicted molar refractivity (Wildman–Crippen MR) is 57.2 cm³/mol. The number of benzene rings is 1. The molecule has 12 heavy (non-hydrogen) atoms. The zero-order chi connectivity index (χ0) is 8.10. The van der Waals surface area contributed by atoms with Gasteiger partial charge in [0.2, 0.25) is 0 Å². The Kier molecular flexibility index (Phi) is 5.11. The second-order valence-electron chi connectivity index (χ2n) is 2.72. The van der Waals surface area contributed by atoms with Crippen molar-refractivity contribution in [2.75, 3.05) is 0 Å². The van der Waals surface area contributed by atoms with Gasteiger partial charge in [0.25, 0.3) is 0 Å². The summed E-state index contributed by atoms with van der Waals surface area (Å²) in [5.74, 6) is 0. The van der Waals surface area contributed by atoms with Crippen LogP contribution < -0.4 is 0 Å². The average molecular weight is 162 g/mol. The van der Waals surface area contributed by atoms with Gasteiger partial charge in [0, 0.05) is 0 Å². The molecule has 0 saturated carbocycles. The number of hydrogen-bond acceptors (Lipinski definition) is 0. The molecule has 0 fully saturated rings. The Morgan fingerprint density at radius 3 is 2.25 bits per heavy atom. The monoisotopic (exact) mass is 162 g/mol. The van der Waals surface area contributed by atoms with Crippen molar-refractivity contribution in [2.24, 2.45) is 0 Å². The molecule has 1 aromatic carbocycles. The minimum absolute atomic E-state index is 0. The van der Waals surface area contributed by atoms with Crippen molar-refractivity contribution in [2.45, 2.75) is 27.7 Å². The van der Waals surface area contributed by atoms with E-state index in [0.29, 0.717) is 0 Å². The molecule has 1 rings (SSSR count). The predicted octanol–water partition coefficient (Wildman–Crippen LogP) is 4.05. The molecule has 0 heterocycles. The van der Waals surface area contributed by atoms with E-state index >= 15 is 0 Å². The van der Waals surface area contributed by atoms with Crippen LogP contribution in [-0.2, 0) is 0 Å². The summed E-state index contributed by atoms with van der Waals surface area (Å²) in [6.07, 6.45) is 5.43. The summed E-state index contributed by atoms with van der Waals surface area (Å²) in [5, 5.41) is 0. The van der Waals surface area contributed by atoms with Crippen molar-refractivity contribution in [3.8, 4) is 0 Å². The zero-order valence-corrected chi connectivity index (χ0v) is 7.17. The summed E-state index contributed by atoms with van der Waals surface area (Å²) in [6.45, 7) is 4.25. The van der Waals surface area contributed by atoms with Gasteiger partial charge in [0.05, 0.1) is 0 Å². The van der Waals surface area contributed by atoms with E-state index in [1.165, 1.54) is 11.1 Å². The lowest BCUT2D eigenvalue weighted by molar-refractivity contribution is 1.23. The highest BCUT2D eigenvalue weighted by Gasteiger charge is 1.84. The smallest absolute Gasteiger partial charge is 0.0260 e. The van der Waals surface area contributed by atoms with Crippen LogP contribution in [0.3, 0.4) is 0 Å². The maximum Gasteiger partial charge on any atom is -0.0260 e. The molecule has 0 spiro atoms. The third-order valence-electron chi connectivity index (χ3n) is 1.62. The maximum atomic E-state index is 2.17. The highest BCUT2D eigenvalue weighted by Crippen LogP contribution is 2.04. The van der Waals surface area contributed by atoms with Crippen LogP contribution in [0.4, 0.5) is 0 Å². The van der Waals surface area contributed by atoms with Crippen LogP contribution in [0.25, 0.3) is 6.08 Å². The molecule has 0 unspecified atom stereocenters. The number of allylic oxidation sites excluding steroid dienone is 1. The lowest BCUT2D eigenvalue weighted by Gasteiger charge is -1.93. The van der Waals surface area contributed by atoms with Crippen LogP contribution in [0, 0.1) is 6.92 Å². The minimum atomic E-state index is 0. The molecule has 0 bridgehead atoms. The Morgan fingerprint density at radius 1 is 1.17 bits per heavy atom. The number of hydrogen-bond donors (Lipinski definition) is 0. The van der Waals surface area contributed by atoms with E-state index in [2.05, 4.69) is 50.3 Å². The van der Waals surface area contributed by atoms with Crippen LogP contribution in [0.1, 0.15) is 31.9 Å². The fraction of sp³-hybridized carbons (Fsp3) is 0.333. The molecule has 0 atom stereocenters. The second kappa shape index (κ2) is 5.59. The quantitative estimate of drug-likeness (QED) is 0.615. The Bertz CT molecular complexity index is 229. The topological polar surface area (TPSA) is 0 Å². The van der Waals surface area contributed by atoms with Gasteiger partial charge in [-0.2, -0.15) is 0 Å². The summed E-state index contributed by atoms with van der Waals surface area (Å²) in [7, 11) is 0. The van der Waals surface area contributed by atoms with Gasteiger partial charge >= 0.3 is 0 Å². The fourth-order valence-corrected chi connectivity index (χ4v) is 0.931. The van der Waals surface area contributed by atoms with Crippen molar-refractivity contribution < 1.29 is 0 Å². The summed E-state index contributed by atoms with van der Waals surface area (Å²) in [5.41, 5.74) is 2.61. The first kappa shape index (κ1) is 11.0. The largest absolute Gasteiger partial charge is 0.0842 e. The molecule has 0 nitrogen and oxygen atoms in total. The van der Waals surface area contributed by atoms with Gasteiger partial charge in [-0.15, -0.1) is 0 Å². The van der Waals surface area contributed by atoms with Crippen LogP contribution in [0.2, 0.25) is 0 Å². The van der Waals surface area contributed by atoms with E-state index in [1.54, 1.807) is 0 Å². The van der Waals surface area contributed by atoms with Crippen molar-refractivity contribution >= 4 is 6.08 Å². The molecule has 0 amide bonds. The van der Waals surface area contributed by atoms with Crippen LogP contribution in [0.5, 0.6) is 0 Å². The van der Waals surface area contributed by atoms with Crippen molar-refractivity contribution in [3.05, 3.63) is 41.5 Å². The molecule has 0 heteroatoms. The fourth-order valence-electron chi connectivity index (χ4n) is 0.931. The Hall–Kier alpha value is -1.04. The number of rotatable bonds is 2. The normalized spacial score (nSPS) is 9.83. The standard InChI is InChI=1S/C11H14.CH4/c1-3-4-5-11-8-6-10(2)7-9-11;/h4-9H,3H2,1-2H3;1H4/b5-4+;. The van der Waals surface area contributed by atoms with E-state index in [0.717, 1.165) is 6.42 Å². The zero-order valence-electron chi connectivity index (χ0n) is 7.17. The van der Waals surface area contributed by atoms with Crippen LogP contribution in [0.15, 0.2) is 30.3 Å². The molecule has 66 valence electrons. The van der Waals surface area contributed by atoms with Crippen LogP contribution >= 0.6 is 0 Å². The highest BCUT2D eigenvalue weighted by atomic mass is 13.9.